The van der Waals surface area contributed by atoms with Crippen molar-refractivity contribution in [3.63, 3.8) is 0 Å². The number of para-hydroxylation sites is 1. The first kappa shape index (κ1) is 25.5. The minimum Gasteiger partial charge on any atom is -0.492 e. The molecule has 37 heavy (non-hydrogen) atoms. The van der Waals surface area contributed by atoms with E-state index in [4.69, 9.17) is 4.74 Å². The molecule has 194 valence electrons. The maximum Gasteiger partial charge on any atom is 0.416 e. The molecule has 9 heteroatoms. The average molecular weight is 527 g/mol. The number of halogens is 3. The number of ether oxygens (including phenoxy) is 1. The van der Waals surface area contributed by atoms with Crippen LogP contribution in [0.1, 0.15) is 16.8 Å². The Morgan fingerprint density at radius 2 is 1.78 bits per heavy atom. The van der Waals surface area contributed by atoms with Crippen molar-refractivity contribution in [2.45, 2.75) is 19.6 Å². The first-order valence-electron chi connectivity index (χ1n) is 12.3. The number of pyridine rings is 1. The van der Waals surface area contributed by atoms with Crippen molar-refractivity contribution in [1.29, 1.82) is 0 Å². The quantitative estimate of drug-likeness (QED) is 0.282. The smallest absolute Gasteiger partial charge is 0.416 e. The Morgan fingerprint density at radius 3 is 2.54 bits per heavy atom. The van der Waals surface area contributed by atoms with Crippen LogP contribution < -0.4 is 10.1 Å². The van der Waals surface area contributed by atoms with E-state index in [1.54, 1.807) is 17.4 Å². The van der Waals surface area contributed by atoms with Crippen LogP contribution in [0.5, 0.6) is 5.75 Å². The molecule has 0 atom stereocenters. The summed E-state index contributed by atoms with van der Waals surface area (Å²) in [7, 11) is 0. The number of aromatic nitrogens is 1. The number of nitrogens with one attached hydrogen (secondary N) is 1. The van der Waals surface area contributed by atoms with Gasteiger partial charge in [-0.2, -0.15) is 24.5 Å². The van der Waals surface area contributed by atoms with Crippen LogP contribution in [-0.2, 0) is 12.7 Å². The Labute approximate surface area is 218 Å². The Kier molecular flexibility index (Phi) is 7.64. The predicted octanol–water partition coefficient (Wildman–Crippen LogP) is 6.56. The zero-order valence-corrected chi connectivity index (χ0v) is 21.4. The van der Waals surface area contributed by atoms with Gasteiger partial charge in [-0.05, 0) is 53.6 Å². The summed E-state index contributed by atoms with van der Waals surface area (Å²) in [5.74, 6) is 0.198. The summed E-state index contributed by atoms with van der Waals surface area (Å²) in [5.41, 5.74) is 3.18. The number of hydrogen-bond donors (Lipinski definition) is 1. The minimum atomic E-state index is -4.48. The van der Waals surface area contributed by atoms with E-state index in [2.05, 4.69) is 36.9 Å². The van der Waals surface area contributed by atoms with Gasteiger partial charge in [0.05, 0.1) is 11.1 Å². The third kappa shape index (κ3) is 6.60. The molecule has 3 heterocycles. The lowest BCUT2D eigenvalue weighted by molar-refractivity contribution is -0.137. The van der Waals surface area contributed by atoms with Crippen LogP contribution in [0.3, 0.4) is 0 Å². The molecule has 5 nitrogen and oxygen atoms in total. The Balaban J connectivity index is 1.24. The zero-order chi connectivity index (χ0) is 25.8. The molecular weight excluding hydrogens is 497 g/mol. The van der Waals surface area contributed by atoms with Gasteiger partial charge in [-0.25, -0.2) is 0 Å². The van der Waals surface area contributed by atoms with Gasteiger partial charge in [-0.15, -0.1) is 0 Å². The lowest BCUT2D eigenvalue weighted by Crippen LogP contribution is -2.46. The van der Waals surface area contributed by atoms with Crippen molar-refractivity contribution < 1.29 is 17.9 Å². The van der Waals surface area contributed by atoms with Crippen LogP contribution in [0.25, 0.3) is 10.9 Å². The highest BCUT2D eigenvalue weighted by molar-refractivity contribution is 7.07. The Bertz CT molecular complexity index is 1340. The Morgan fingerprint density at radius 1 is 1.00 bits per heavy atom. The monoisotopic (exact) mass is 526 g/mol. The molecule has 0 unspecified atom stereocenters. The molecular formula is C28H29F3N4OS. The molecule has 1 saturated heterocycles. The zero-order valence-electron chi connectivity index (χ0n) is 20.6. The number of alkyl halides is 3. The second kappa shape index (κ2) is 11.1. The number of hydrogen-bond acceptors (Lipinski definition) is 6. The van der Waals surface area contributed by atoms with E-state index >= 15 is 0 Å². The highest BCUT2D eigenvalue weighted by Gasteiger charge is 2.31. The van der Waals surface area contributed by atoms with E-state index < -0.39 is 11.7 Å². The fraction of sp³-hybridized carbons (Fsp3) is 0.321. The largest absolute Gasteiger partial charge is 0.492 e. The number of thiophene rings is 1. The van der Waals surface area contributed by atoms with Gasteiger partial charge in [-0.1, -0.05) is 18.2 Å². The SMILES string of the molecule is Cc1cc(Nc2cc(OCCN3CCN(Cc4ccsc4)CC3)cc(C(F)(F)F)c2)c2ccccc2n1. The summed E-state index contributed by atoms with van der Waals surface area (Å²) in [6.45, 7) is 7.57. The fourth-order valence-corrected chi connectivity index (χ4v) is 5.25. The number of benzene rings is 2. The molecule has 0 bridgehead atoms. The van der Waals surface area contributed by atoms with Gasteiger partial charge in [0.1, 0.15) is 12.4 Å². The summed E-state index contributed by atoms with van der Waals surface area (Å²) >= 11 is 1.71. The highest BCUT2D eigenvalue weighted by Crippen LogP contribution is 2.36. The van der Waals surface area contributed by atoms with Gasteiger partial charge in [0.15, 0.2) is 0 Å². The van der Waals surface area contributed by atoms with Crippen molar-refractivity contribution in [2.75, 3.05) is 44.6 Å². The number of anilines is 2. The molecule has 0 saturated carbocycles. The number of nitrogens with zero attached hydrogens (tertiary/aromatic N) is 3. The first-order chi connectivity index (χ1) is 17.8. The van der Waals surface area contributed by atoms with E-state index in [9.17, 15) is 13.2 Å². The normalized spacial score (nSPS) is 15.2. The molecule has 0 radical (unpaired) electrons. The molecule has 2 aromatic heterocycles. The first-order valence-corrected chi connectivity index (χ1v) is 13.2. The van der Waals surface area contributed by atoms with Crippen LogP contribution in [0.15, 0.2) is 65.4 Å². The fourth-order valence-electron chi connectivity index (χ4n) is 4.59. The van der Waals surface area contributed by atoms with Crippen LogP contribution in [-0.4, -0.2) is 54.1 Å². The maximum atomic E-state index is 13.7. The van der Waals surface area contributed by atoms with E-state index in [-0.39, 0.29) is 5.75 Å². The van der Waals surface area contributed by atoms with Crippen molar-refractivity contribution in [2.24, 2.45) is 0 Å². The number of aryl methyl sites for hydroxylation is 1. The third-order valence-corrected chi connectivity index (χ3v) is 7.22. The molecule has 0 aliphatic carbocycles. The molecule has 5 rings (SSSR count). The van der Waals surface area contributed by atoms with Gasteiger partial charge < -0.3 is 10.1 Å². The summed E-state index contributed by atoms with van der Waals surface area (Å²) in [5, 5.41) is 8.28. The van der Waals surface area contributed by atoms with Crippen molar-refractivity contribution in [1.82, 2.24) is 14.8 Å². The van der Waals surface area contributed by atoms with E-state index in [0.29, 0.717) is 24.5 Å². The molecule has 2 aromatic carbocycles. The van der Waals surface area contributed by atoms with Crippen molar-refractivity contribution >= 4 is 33.6 Å². The lowest BCUT2D eigenvalue weighted by atomic mass is 10.1. The molecule has 1 aliphatic rings. The molecule has 1 aliphatic heterocycles. The van der Waals surface area contributed by atoms with Crippen LogP contribution in [0.2, 0.25) is 0 Å². The summed E-state index contributed by atoms with van der Waals surface area (Å²) in [6.07, 6.45) is -4.48. The molecule has 1 fully saturated rings. The number of fused-ring (bicyclic) bond motifs is 1. The second-order valence-electron chi connectivity index (χ2n) is 9.30. The average Bonchev–Trinajstić information content (AvgIpc) is 3.37. The lowest BCUT2D eigenvalue weighted by Gasteiger charge is -2.34. The summed E-state index contributed by atoms with van der Waals surface area (Å²) in [4.78, 5) is 9.23. The molecule has 0 amide bonds. The summed E-state index contributed by atoms with van der Waals surface area (Å²) < 4.78 is 46.9. The standard InChI is InChI=1S/C28H29F3N4OS/c1-20-14-27(25-4-2-3-5-26(25)32-20)33-23-15-22(28(29,30)31)16-24(17-23)36-12-11-34-7-9-35(10-8-34)18-21-6-13-37-19-21/h2-6,13-17,19H,7-12,18H2,1H3,(H,32,33). The van der Waals surface area contributed by atoms with Crippen LogP contribution >= 0.6 is 11.3 Å². The highest BCUT2D eigenvalue weighted by atomic mass is 32.1. The number of piperazine rings is 1. The maximum absolute atomic E-state index is 13.7. The van der Waals surface area contributed by atoms with Crippen LogP contribution in [0, 0.1) is 6.92 Å². The van der Waals surface area contributed by atoms with Gasteiger partial charge in [0.2, 0.25) is 0 Å². The predicted molar refractivity (Wildman–Crippen MR) is 143 cm³/mol. The van der Waals surface area contributed by atoms with E-state index in [1.807, 2.05) is 37.3 Å². The third-order valence-electron chi connectivity index (χ3n) is 6.48. The number of rotatable bonds is 8. The minimum absolute atomic E-state index is 0.198. The second-order valence-corrected chi connectivity index (χ2v) is 10.1. The van der Waals surface area contributed by atoms with E-state index in [1.165, 1.54) is 5.56 Å². The van der Waals surface area contributed by atoms with Crippen molar-refractivity contribution in [3.8, 4) is 5.75 Å². The molecule has 1 N–H and O–H groups in total. The summed E-state index contributed by atoms with van der Waals surface area (Å²) in [6, 6.07) is 15.3. The van der Waals surface area contributed by atoms with E-state index in [0.717, 1.165) is 61.5 Å². The van der Waals surface area contributed by atoms with Crippen molar-refractivity contribution in [3.05, 3.63) is 82.2 Å². The van der Waals surface area contributed by atoms with Gasteiger partial charge in [0.25, 0.3) is 0 Å². The van der Waals surface area contributed by atoms with Gasteiger partial charge in [0, 0.05) is 67.8 Å². The Hall–Kier alpha value is -3.14. The van der Waals surface area contributed by atoms with Gasteiger partial charge in [-0.3, -0.25) is 14.8 Å². The molecule has 4 aromatic rings. The topological polar surface area (TPSA) is 40.6 Å². The van der Waals surface area contributed by atoms with Gasteiger partial charge >= 0.3 is 6.18 Å². The molecule has 0 spiro atoms. The van der Waals surface area contributed by atoms with Crippen LogP contribution in [0.4, 0.5) is 24.5 Å².